The second kappa shape index (κ2) is 9.87. The Kier molecular flexibility index (Phi) is 6.88. The Morgan fingerprint density at radius 1 is 1.11 bits per heavy atom. The number of aryl methyl sites for hydroxylation is 1. The molecule has 4 rings (SSSR count). The number of halogens is 3. The van der Waals surface area contributed by atoms with E-state index in [0.29, 0.717) is 12.2 Å². The number of carbonyl (C=O) groups is 1. The average Bonchev–Trinajstić information content (AvgIpc) is 3.35. The molecule has 1 aromatic heterocycles. The molecule has 2 heterocycles. The van der Waals surface area contributed by atoms with E-state index in [1.807, 2.05) is 19.1 Å². The fourth-order valence-electron chi connectivity index (χ4n) is 3.73. The molecule has 1 aliphatic heterocycles. The normalized spacial score (nSPS) is 15.8. The van der Waals surface area contributed by atoms with Crippen molar-refractivity contribution in [3.63, 3.8) is 0 Å². The first-order chi connectivity index (χ1) is 16.6. The van der Waals surface area contributed by atoms with Crippen LogP contribution in [0, 0.1) is 6.92 Å². The molecular weight excluding hydrogens is 465 g/mol. The second-order valence-electron chi connectivity index (χ2n) is 8.31. The van der Waals surface area contributed by atoms with Crippen molar-refractivity contribution in [3.05, 3.63) is 91.8 Å². The molecule has 0 aliphatic carbocycles. The van der Waals surface area contributed by atoms with Gasteiger partial charge in [0.1, 0.15) is 0 Å². The Morgan fingerprint density at radius 2 is 1.80 bits per heavy atom. The van der Waals surface area contributed by atoms with E-state index in [9.17, 15) is 27.6 Å². The number of nitrogens with zero attached hydrogens (tertiary/aromatic N) is 3. The predicted molar refractivity (Wildman–Crippen MR) is 121 cm³/mol. The van der Waals surface area contributed by atoms with E-state index in [-0.39, 0.29) is 24.9 Å². The minimum absolute atomic E-state index is 0.0196. The van der Waals surface area contributed by atoms with Crippen LogP contribution in [0.25, 0.3) is 5.69 Å². The van der Waals surface area contributed by atoms with Crippen molar-refractivity contribution >= 4 is 5.91 Å². The topological polar surface area (TPSA) is 95.2 Å². The summed E-state index contributed by atoms with van der Waals surface area (Å²) in [7, 11) is 0. The second-order valence-corrected chi connectivity index (χ2v) is 8.31. The van der Waals surface area contributed by atoms with Gasteiger partial charge < -0.3 is 10.1 Å². The molecule has 1 N–H and O–H groups in total. The number of amides is 1. The van der Waals surface area contributed by atoms with Crippen LogP contribution in [0.1, 0.15) is 40.0 Å². The summed E-state index contributed by atoms with van der Waals surface area (Å²) < 4.78 is 46.0. The summed E-state index contributed by atoms with van der Waals surface area (Å²) in [5.41, 5.74) is -1.65. The first-order valence-electron chi connectivity index (χ1n) is 11.0. The van der Waals surface area contributed by atoms with Gasteiger partial charge in [-0.15, -0.1) is 0 Å². The van der Waals surface area contributed by atoms with Gasteiger partial charge in [-0.1, -0.05) is 29.8 Å². The molecule has 0 spiro atoms. The summed E-state index contributed by atoms with van der Waals surface area (Å²) in [6.07, 6.45) is -3.12. The minimum Gasteiger partial charge on any atom is -0.376 e. The highest BCUT2D eigenvalue weighted by atomic mass is 19.4. The van der Waals surface area contributed by atoms with Gasteiger partial charge in [0, 0.05) is 13.2 Å². The summed E-state index contributed by atoms with van der Waals surface area (Å²) in [5, 5.41) is 6.54. The number of carbonyl (C=O) groups excluding carboxylic acids is 1. The van der Waals surface area contributed by atoms with Crippen molar-refractivity contribution in [2.24, 2.45) is 0 Å². The maximum Gasteiger partial charge on any atom is 0.416 e. The van der Waals surface area contributed by atoms with Gasteiger partial charge in [-0.2, -0.15) is 23.0 Å². The molecule has 1 unspecified atom stereocenters. The van der Waals surface area contributed by atoms with Crippen LogP contribution in [0.5, 0.6) is 0 Å². The molecule has 8 nitrogen and oxygen atoms in total. The number of alkyl halides is 3. The summed E-state index contributed by atoms with van der Waals surface area (Å²) in [4.78, 5) is 39.1. The highest BCUT2D eigenvalue weighted by molar-refractivity contribution is 5.91. The predicted octanol–water partition coefficient (Wildman–Crippen LogP) is 2.68. The molecule has 0 radical (unpaired) electrons. The van der Waals surface area contributed by atoms with Gasteiger partial charge in [0.2, 0.25) is 5.69 Å². The van der Waals surface area contributed by atoms with Gasteiger partial charge >= 0.3 is 11.9 Å². The lowest BCUT2D eigenvalue weighted by Gasteiger charge is -2.14. The third-order valence-corrected chi connectivity index (χ3v) is 5.69. The summed E-state index contributed by atoms with van der Waals surface area (Å²) in [6.45, 7) is 2.49. The zero-order valence-electron chi connectivity index (χ0n) is 18.8. The number of benzene rings is 2. The number of nitrogens with one attached hydrogen (secondary N) is 1. The zero-order valence-corrected chi connectivity index (χ0v) is 18.8. The smallest absolute Gasteiger partial charge is 0.376 e. The van der Waals surface area contributed by atoms with Crippen molar-refractivity contribution < 1.29 is 22.7 Å². The Labute approximate surface area is 198 Å². The number of hydrogen-bond acceptors (Lipinski definition) is 5. The van der Waals surface area contributed by atoms with Crippen LogP contribution >= 0.6 is 0 Å². The third kappa shape index (κ3) is 5.51. The van der Waals surface area contributed by atoms with Crippen LogP contribution in [0.15, 0.2) is 58.1 Å². The fourth-order valence-corrected chi connectivity index (χ4v) is 3.73. The molecule has 3 aromatic rings. The lowest BCUT2D eigenvalue weighted by Crippen LogP contribution is -2.46. The van der Waals surface area contributed by atoms with Gasteiger partial charge in [-0.25, -0.2) is 4.79 Å². The molecule has 2 aromatic carbocycles. The van der Waals surface area contributed by atoms with E-state index in [0.717, 1.165) is 51.9 Å². The molecule has 184 valence electrons. The van der Waals surface area contributed by atoms with Gasteiger partial charge in [0.05, 0.1) is 23.9 Å². The first-order valence-corrected chi connectivity index (χ1v) is 11.0. The molecule has 1 saturated heterocycles. The quantitative estimate of drug-likeness (QED) is 0.576. The monoisotopic (exact) mass is 488 g/mol. The zero-order chi connectivity index (χ0) is 25.2. The number of rotatable bonds is 6. The van der Waals surface area contributed by atoms with E-state index in [1.165, 1.54) is 0 Å². The summed E-state index contributed by atoms with van der Waals surface area (Å²) in [5.74, 6) is -0.802. The van der Waals surface area contributed by atoms with Gasteiger partial charge in [-0.05, 0) is 49.6 Å². The van der Waals surface area contributed by atoms with Gasteiger partial charge in [-0.3, -0.25) is 14.2 Å². The number of aromatic nitrogens is 3. The molecule has 11 heteroatoms. The summed E-state index contributed by atoms with van der Waals surface area (Å²) >= 11 is 0. The SMILES string of the molecule is Cc1ccc(Cn2c(=O)c(C(=O)NCC3CCCO3)nn(-c3ccc(C(F)(F)F)cc3)c2=O)cc1. The fraction of sp³-hybridized carbons (Fsp3) is 0.333. The van der Waals surface area contributed by atoms with Crippen LogP contribution < -0.4 is 16.6 Å². The van der Waals surface area contributed by atoms with Crippen LogP contribution in [-0.4, -0.2) is 39.5 Å². The lowest BCUT2D eigenvalue weighted by molar-refractivity contribution is -0.137. The molecular formula is C24H23F3N4O4. The van der Waals surface area contributed by atoms with E-state index in [2.05, 4.69) is 10.4 Å². The Morgan fingerprint density at radius 3 is 2.40 bits per heavy atom. The highest BCUT2D eigenvalue weighted by Crippen LogP contribution is 2.29. The van der Waals surface area contributed by atoms with Gasteiger partial charge in [0.25, 0.3) is 11.5 Å². The van der Waals surface area contributed by atoms with E-state index < -0.39 is 34.6 Å². The van der Waals surface area contributed by atoms with Crippen molar-refractivity contribution in [1.82, 2.24) is 19.7 Å². The van der Waals surface area contributed by atoms with Crippen LogP contribution in [0.3, 0.4) is 0 Å². The molecule has 0 bridgehead atoms. The van der Waals surface area contributed by atoms with Crippen molar-refractivity contribution in [2.45, 2.75) is 38.6 Å². The van der Waals surface area contributed by atoms with E-state index >= 15 is 0 Å². The Hall–Kier alpha value is -3.73. The van der Waals surface area contributed by atoms with Crippen molar-refractivity contribution in [3.8, 4) is 5.69 Å². The molecule has 35 heavy (non-hydrogen) atoms. The third-order valence-electron chi connectivity index (χ3n) is 5.69. The maximum atomic E-state index is 13.2. The molecule has 1 aliphatic rings. The summed E-state index contributed by atoms with van der Waals surface area (Å²) in [6, 6.07) is 10.8. The Bertz CT molecular complexity index is 1320. The standard InChI is InChI=1S/C24H23F3N4O4/c1-15-4-6-16(7-5-15)14-30-22(33)20(21(32)28-13-19-3-2-12-35-19)29-31(23(30)34)18-10-8-17(9-11-18)24(25,26)27/h4-11,19H,2-3,12-14H2,1H3,(H,28,32). The molecule has 1 fully saturated rings. The first kappa shape index (κ1) is 24.4. The highest BCUT2D eigenvalue weighted by Gasteiger charge is 2.30. The minimum atomic E-state index is -4.56. The average molecular weight is 488 g/mol. The van der Waals surface area contributed by atoms with Crippen LogP contribution in [0.2, 0.25) is 0 Å². The van der Waals surface area contributed by atoms with Crippen molar-refractivity contribution in [2.75, 3.05) is 13.2 Å². The molecule has 1 amide bonds. The van der Waals surface area contributed by atoms with Crippen LogP contribution in [0.4, 0.5) is 13.2 Å². The van der Waals surface area contributed by atoms with E-state index in [1.54, 1.807) is 12.1 Å². The van der Waals surface area contributed by atoms with E-state index in [4.69, 9.17) is 4.74 Å². The number of hydrogen-bond donors (Lipinski definition) is 1. The van der Waals surface area contributed by atoms with Crippen LogP contribution in [-0.2, 0) is 17.5 Å². The van der Waals surface area contributed by atoms with Gasteiger partial charge in [0.15, 0.2) is 0 Å². The molecule has 1 atom stereocenters. The Balaban J connectivity index is 1.76. The molecule has 0 saturated carbocycles. The number of ether oxygens (including phenoxy) is 1. The largest absolute Gasteiger partial charge is 0.416 e. The maximum absolute atomic E-state index is 13.2. The lowest BCUT2D eigenvalue weighted by atomic mass is 10.1. The van der Waals surface area contributed by atoms with Crippen molar-refractivity contribution in [1.29, 1.82) is 0 Å².